The number of nitrogens with zero attached hydrogens (tertiary/aromatic N) is 2. The molecule has 0 aliphatic carbocycles. The molecule has 1 aromatic heterocycles. The molecule has 6 heteroatoms. The van der Waals surface area contributed by atoms with E-state index in [9.17, 15) is 4.79 Å². The summed E-state index contributed by atoms with van der Waals surface area (Å²) in [6, 6.07) is 5.60. The van der Waals surface area contributed by atoms with Crippen molar-refractivity contribution in [2.24, 2.45) is 5.16 Å². The van der Waals surface area contributed by atoms with Gasteiger partial charge in [-0.1, -0.05) is 5.16 Å². The lowest BCUT2D eigenvalue weighted by atomic mass is 10.1. The summed E-state index contributed by atoms with van der Waals surface area (Å²) in [7, 11) is 1.59. The fourth-order valence-corrected chi connectivity index (χ4v) is 2.34. The maximum atomic E-state index is 12.1. The van der Waals surface area contributed by atoms with Crippen LogP contribution < -0.4 is 10.1 Å². The van der Waals surface area contributed by atoms with Gasteiger partial charge in [0.15, 0.2) is 0 Å². The quantitative estimate of drug-likeness (QED) is 0.485. The monoisotopic (exact) mass is 315 g/mol. The number of rotatable bonds is 6. The lowest BCUT2D eigenvalue weighted by Crippen LogP contribution is -2.12. The number of aromatic nitrogens is 1. The van der Waals surface area contributed by atoms with E-state index in [-0.39, 0.29) is 5.91 Å². The predicted molar refractivity (Wildman–Crippen MR) is 90.4 cm³/mol. The van der Waals surface area contributed by atoms with E-state index in [4.69, 9.17) is 9.94 Å². The van der Waals surface area contributed by atoms with Crippen molar-refractivity contribution in [3.05, 3.63) is 30.0 Å². The van der Waals surface area contributed by atoms with Gasteiger partial charge in [-0.3, -0.25) is 9.78 Å². The lowest BCUT2D eigenvalue weighted by Gasteiger charge is -2.12. The Labute approximate surface area is 135 Å². The van der Waals surface area contributed by atoms with Crippen LogP contribution in [0.5, 0.6) is 5.75 Å². The zero-order valence-corrected chi connectivity index (χ0v) is 13.6. The van der Waals surface area contributed by atoms with E-state index in [2.05, 4.69) is 15.5 Å². The predicted octanol–water partition coefficient (Wildman–Crippen LogP) is 3.51. The highest BCUT2D eigenvalue weighted by Gasteiger charge is 2.11. The summed E-state index contributed by atoms with van der Waals surface area (Å²) in [6.07, 6.45) is 3.27. The molecule has 0 fully saturated rings. The molecule has 0 unspecified atom stereocenters. The first-order chi connectivity index (χ1) is 11.0. The molecule has 0 radical (unpaired) electrons. The topological polar surface area (TPSA) is 83.8 Å². The minimum Gasteiger partial charge on any atom is -0.497 e. The number of ether oxygens (including phenoxy) is 1. The van der Waals surface area contributed by atoms with Crippen molar-refractivity contribution >= 4 is 28.2 Å². The van der Waals surface area contributed by atoms with Crippen LogP contribution in [0, 0.1) is 6.92 Å². The van der Waals surface area contributed by atoms with E-state index in [0.29, 0.717) is 36.4 Å². The van der Waals surface area contributed by atoms with Crippen LogP contribution in [0.25, 0.3) is 10.9 Å². The molecule has 1 aromatic carbocycles. The lowest BCUT2D eigenvalue weighted by molar-refractivity contribution is -0.116. The van der Waals surface area contributed by atoms with Crippen molar-refractivity contribution in [1.82, 2.24) is 4.98 Å². The number of hydrogen-bond acceptors (Lipinski definition) is 5. The van der Waals surface area contributed by atoms with Crippen LogP contribution in [0.15, 0.2) is 29.6 Å². The second-order valence-corrected chi connectivity index (χ2v) is 5.44. The van der Waals surface area contributed by atoms with Crippen molar-refractivity contribution in [2.75, 3.05) is 12.4 Å². The highest BCUT2D eigenvalue weighted by atomic mass is 16.5. The second-order valence-electron chi connectivity index (χ2n) is 5.44. The Kier molecular flexibility index (Phi) is 5.51. The maximum Gasteiger partial charge on any atom is 0.224 e. The summed E-state index contributed by atoms with van der Waals surface area (Å²) in [6.45, 7) is 3.71. The molecule has 0 saturated carbocycles. The Morgan fingerprint density at radius 2 is 2.17 bits per heavy atom. The van der Waals surface area contributed by atoms with Crippen molar-refractivity contribution in [3.63, 3.8) is 0 Å². The molecule has 2 aromatic rings. The van der Waals surface area contributed by atoms with Crippen LogP contribution in [0.2, 0.25) is 0 Å². The number of carbonyl (C=O) groups excluding carboxylic acids is 1. The minimum absolute atomic E-state index is 0.103. The number of pyridine rings is 1. The summed E-state index contributed by atoms with van der Waals surface area (Å²) in [5, 5.41) is 15.5. The third kappa shape index (κ3) is 4.18. The zero-order chi connectivity index (χ0) is 16.8. The van der Waals surface area contributed by atoms with Crippen LogP contribution in [0.4, 0.5) is 5.69 Å². The number of methoxy groups -OCH3 is 1. The van der Waals surface area contributed by atoms with Gasteiger partial charge in [-0.2, -0.15) is 0 Å². The van der Waals surface area contributed by atoms with Crippen LogP contribution in [-0.2, 0) is 4.79 Å². The number of fused-ring (bicyclic) bond motifs is 1. The van der Waals surface area contributed by atoms with Gasteiger partial charge in [-0.15, -0.1) is 0 Å². The highest BCUT2D eigenvalue weighted by molar-refractivity contribution is 6.02. The third-order valence-electron chi connectivity index (χ3n) is 3.66. The Hall–Kier alpha value is -2.63. The Morgan fingerprint density at radius 3 is 2.87 bits per heavy atom. The second kappa shape index (κ2) is 7.58. The van der Waals surface area contributed by atoms with E-state index in [1.807, 2.05) is 19.1 Å². The largest absolute Gasteiger partial charge is 0.497 e. The van der Waals surface area contributed by atoms with Gasteiger partial charge in [0.2, 0.25) is 5.91 Å². The number of nitrogens with one attached hydrogen (secondary N) is 1. The number of amides is 1. The zero-order valence-electron chi connectivity index (χ0n) is 13.6. The molecule has 6 nitrogen and oxygen atoms in total. The molecule has 0 spiro atoms. The summed E-state index contributed by atoms with van der Waals surface area (Å²) >= 11 is 0. The molecule has 122 valence electrons. The van der Waals surface area contributed by atoms with Crippen molar-refractivity contribution in [2.45, 2.75) is 33.1 Å². The van der Waals surface area contributed by atoms with E-state index in [1.165, 1.54) is 0 Å². The molecule has 2 N–H and O–H groups in total. The first-order valence-electron chi connectivity index (χ1n) is 7.46. The first-order valence-corrected chi connectivity index (χ1v) is 7.46. The molecule has 0 bridgehead atoms. The maximum absolute atomic E-state index is 12.1. The van der Waals surface area contributed by atoms with Gasteiger partial charge in [-0.05, 0) is 44.4 Å². The SMILES string of the molecule is COc1cc(NC(=O)CCC/C(C)=N/O)c2nccc(C)c2c1. The number of hydrogen-bond donors (Lipinski definition) is 2. The Morgan fingerprint density at radius 1 is 1.39 bits per heavy atom. The third-order valence-corrected chi connectivity index (χ3v) is 3.66. The fraction of sp³-hybridized carbons (Fsp3) is 0.353. The summed E-state index contributed by atoms with van der Waals surface area (Å²) in [4.78, 5) is 16.5. The molecule has 1 amide bonds. The van der Waals surface area contributed by atoms with Crippen LogP contribution in [0.3, 0.4) is 0 Å². The van der Waals surface area contributed by atoms with Gasteiger partial charge < -0.3 is 15.3 Å². The molecule has 0 aliphatic heterocycles. The van der Waals surface area contributed by atoms with Gasteiger partial charge in [0, 0.05) is 24.1 Å². The average molecular weight is 315 g/mol. The van der Waals surface area contributed by atoms with E-state index in [1.54, 1.807) is 26.3 Å². The van der Waals surface area contributed by atoms with Crippen LogP contribution in [-0.4, -0.2) is 28.9 Å². The van der Waals surface area contributed by atoms with Crippen molar-refractivity contribution < 1.29 is 14.7 Å². The Balaban J connectivity index is 2.19. The van der Waals surface area contributed by atoms with Gasteiger partial charge in [0.1, 0.15) is 5.75 Å². The van der Waals surface area contributed by atoms with Crippen LogP contribution >= 0.6 is 0 Å². The number of benzene rings is 1. The van der Waals surface area contributed by atoms with Gasteiger partial charge in [0.05, 0.1) is 24.0 Å². The molecule has 2 rings (SSSR count). The van der Waals surface area contributed by atoms with E-state index < -0.39 is 0 Å². The smallest absolute Gasteiger partial charge is 0.224 e. The minimum atomic E-state index is -0.103. The molecule has 0 atom stereocenters. The molecular weight excluding hydrogens is 294 g/mol. The number of carbonyl (C=O) groups is 1. The standard InChI is InChI=1S/C17H21N3O3/c1-11-7-8-18-17-14(11)9-13(23-3)10-15(17)19-16(21)6-4-5-12(2)20-22/h7-10,22H,4-6H2,1-3H3,(H,19,21)/b20-12+. The van der Waals surface area contributed by atoms with Gasteiger partial charge in [0.25, 0.3) is 0 Å². The first kappa shape index (κ1) is 16.7. The number of anilines is 1. The van der Waals surface area contributed by atoms with Crippen molar-refractivity contribution in [3.8, 4) is 5.75 Å². The molecule has 23 heavy (non-hydrogen) atoms. The average Bonchev–Trinajstić information content (AvgIpc) is 2.55. The molecule has 0 saturated heterocycles. The summed E-state index contributed by atoms with van der Waals surface area (Å²) < 4.78 is 5.30. The summed E-state index contributed by atoms with van der Waals surface area (Å²) in [5.74, 6) is 0.570. The van der Waals surface area contributed by atoms with Gasteiger partial charge in [-0.25, -0.2) is 0 Å². The van der Waals surface area contributed by atoms with E-state index in [0.717, 1.165) is 16.5 Å². The summed E-state index contributed by atoms with van der Waals surface area (Å²) in [5.41, 5.74) is 3.06. The molecule has 1 heterocycles. The Bertz CT molecular complexity index is 741. The highest BCUT2D eigenvalue weighted by Crippen LogP contribution is 2.29. The molecule has 0 aliphatic rings. The van der Waals surface area contributed by atoms with Crippen molar-refractivity contribution in [1.29, 1.82) is 0 Å². The normalized spacial score (nSPS) is 11.5. The fourth-order valence-electron chi connectivity index (χ4n) is 2.34. The number of oxime groups is 1. The van der Waals surface area contributed by atoms with E-state index >= 15 is 0 Å². The number of aryl methyl sites for hydroxylation is 1. The van der Waals surface area contributed by atoms with Crippen LogP contribution in [0.1, 0.15) is 31.7 Å². The molecular formula is C17H21N3O3. The van der Waals surface area contributed by atoms with Gasteiger partial charge >= 0.3 is 0 Å².